The molecular formula is C14H7ClF3NO. The average molecular weight is 298 g/mol. The topological polar surface area (TPSA) is 33.0 Å². The van der Waals surface area contributed by atoms with Crippen LogP contribution in [0.4, 0.5) is 13.2 Å². The molecule has 0 saturated heterocycles. The van der Waals surface area contributed by atoms with E-state index in [1.807, 2.05) is 6.07 Å². The highest BCUT2D eigenvalue weighted by molar-refractivity contribution is 6.30. The molecule has 0 aromatic heterocycles. The monoisotopic (exact) mass is 297 g/mol. The summed E-state index contributed by atoms with van der Waals surface area (Å²) < 4.78 is 43.7. The molecule has 102 valence electrons. The van der Waals surface area contributed by atoms with Gasteiger partial charge < -0.3 is 4.74 Å². The maximum Gasteiger partial charge on any atom is 0.419 e. The van der Waals surface area contributed by atoms with E-state index < -0.39 is 11.7 Å². The van der Waals surface area contributed by atoms with Gasteiger partial charge in [-0.2, -0.15) is 18.4 Å². The quantitative estimate of drug-likeness (QED) is 0.779. The van der Waals surface area contributed by atoms with E-state index in [2.05, 4.69) is 0 Å². The van der Waals surface area contributed by atoms with Crippen molar-refractivity contribution in [3.63, 3.8) is 0 Å². The number of alkyl halides is 3. The van der Waals surface area contributed by atoms with Gasteiger partial charge in [-0.1, -0.05) is 23.7 Å². The molecule has 6 heteroatoms. The molecule has 0 heterocycles. The number of halogens is 4. The number of nitrogens with zero attached hydrogens (tertiary/aromatic N) is 1. The van der Waals surface area contributed by atoms with Crippen molar-refractivity contribution >= 4 is 11.6 Å². The second-order valence-electron chi connectivity index (χ2n) is 3.85. The second-order valence-corrected chi connectivity index (χ2v) is 4.28. The third kappa shape index (κ3) is 3.03. The van der Waals surface area contributed by atoms with Crippen LogP contribution >= 0.6 is 11.6 Å². The lowest BCUT2D eigenvalue weighted by Gasteiger charge is -2.14. The zero-order valence-electron chi connectivity index (χ0n) is 9.91. The Hall–Kier alpha value is -2.19. The lowest BCUT2D eigenvalue weighted by atomic mass is 10.2. The van der Waals surface area contributed by atoms with Gasteiger partial charge in [0, 0.05) is 11.1 Å². The van der Waals surface area contributed by atoms with E-state index in [1.165, 1.54) is 36.4 Å². The first kappa shape index (κ1) is 14.2. The van der Waals surface area contributed by atoms with Crippen LogP contribution in [0.2, 0.25) is 5.02 Å². The normalized spacial score (nSPS) is 10.9. The van der Waals surface area contributed by atoms with Gasteiger partial charge in [-0.25, -0.2) is 0 Å². The maximum atomic E-state index is 12.8. The Morgan fingerprint density at radius 1 is 1.05 bits per heavy atom. The van der Waals surface area contributed by atoms with Gasteiger partial charge in [-0.3, -0.25) is 0 Å². The standard InChI is InChI=1S/C14H7ClF3NO/c15-10-6-5-9(8-19)13(7-10)20-12-4-2-1-3-11(12)14(16,17)18/h1-7H. The highest BCUT2D eigenvalue weighted by Gasteiger charge is 2.34. The number of ether oxygens (including phenoxy) is 1. The van der Waals surface area contributed by atoms with Crippen LogP contribution in [0.3, 0.4) is 0 Å². The van der Waals surface area contributed by atoms with Crippen molar-refractivity contribution in [2.45, 2.75) is 6.18 Å². The Morgan fingerprint density at radius 3 is 2.40 bits per heavy atom. The molecule has 0 spiro atoms. The average Bonchev–Trinajstić information content (AvgIpc) is 2.38. The minimum absolute atomic E-state index is 0.0169. The van der Waals surface area contributed by atoms with Gasteiger partial charge in [0.15, 0.2) is 0 Å². The summed E-state index contributed by atoms with van der Waals surface area (Å²) in [5.41, 5.74) is -0.810. The van der Waals surface area contributed by atoms with Crippen molar-refractivity contribution < 1.29 is 17.9 Å². The second kappa shape index (κ2) is 5.43. The van der Waals surface area contributed by atoms with Gasteiger partial charge in [0.1, 0.15) is 17.6 Å². The third-order valence-electron chi connectivity index (χ3n) is 2.48. The van der Waals surface area contributed by atoms with Crippen molar-refractivity contribution in [1.29, 1.82) is 5.26 Å². The fourth-order valence-corrected chi connectivity index (χ4v) is 1.74. The smallest absolute Gasteiger partial charge is 0.419 e. The molecule has 0 bridgehead atoms. The van der Waals surface area contributed by atoms with Crippen LogP contribution in [0.25, 0.3) is 0 Å². The summed E-state index contributed by atoms with van der Waals surface area (Å²) in [5.74, 6) is -0.393. The molecule has 2 nitrogen and oxygen atoms in total. The van der Waals surface area contributed by atoms with E-state index in [0.717, 1.165) is 6.07 Å². The predicted octanol–water partition coefficient (Wildman–Crippen LogP) is 5.02. The van der Waals surface area contributed by atoms with Crippen molar-refractivity contribution in [1.82, 2.24) is 0 Å². The molecule has 0 saturated carbocycles. The number of rotatable bonds is 2. The highest BCUT2D eigenvalue weighted by atomic mass is 35.5. The van der Waals surface area contributed by atoms with Crippen molar-refractivity contribution in [2.24, 2.45) is 0 Å². The summed E-state index contributed by atoms with van der Waals surface area (Å²) >= 11 is 5.76. The van der Waals surface area contributed by atoms with Gasteiger partial charge >= 0.3 is 6.18 Å². The van der Waals surface area contributed by atoms with Crippen molar-refractivity contribution in [3.05, 3.63) is 58.6 Å². The largest absolute Gasteiger partial charge is 0.455 e. The highest BCUT2D eigenvalue weighted by Crippen LogP contribution is 2.38. The summed E-state index contributed by atoms with van der Waals surface area (Å²) in [5, 5.41) is 9.19. The Bertz CT molecular complexity index is 677. The van der Waals surface area contributed by atoms with Crippen molar-refractivity contribution in [2.75, 3.05) is 0 Å². The van der Waals surface area contributed by atoms with E-state index in [9.17, 15) is 13.2 Å². The maximum absolute atomic E-state index is 12.8. The van der Waals surface area contributed by atoms with Crippen LogP contribution in [0.5, 0.6) is 11.5 Å². The first-order valence-electron chi connectivity index (χ1n) is 5.45. The lowest BCUT2D eigenvalue weighted by Crippen LogP contribution is -2.07. The number of para-hydroxylation sites is 1. The van der Waals surface area contributed by atoms with Gasteiger partial charge in [0.2, 0.25) is 0 Å². The zero-order valence-corrected chi connectivity index (χ0v) is 10.7. The Kier molecular flexibility index (Phi) is 3.86. The van der Waals surface area contributed by atoms with E-state index in [1.54, 1.807) is 0 Å². The molecule has 0 N–H and O–H groups in total. The molecule has 2 aromatic carbocycles. The molecule has 2 aromatic rings. The van der Waals surface area contributed by atoms with Gasteiger partial charge in [-0.05, 0) is 24.3 Å². The Morgan fingerprint density at radius 2 is 1.75 bits per heavy atom. The van der Waals surface area contributed by atoms with Gasteiger partial charge in [0.05, 0.1) is 11.1 Å². The van der Waals surface area contributed by atoms with Crippen LogP contribution in [0.1, 0.15) is 11.1 Å². The minimum Gasteiger partial charge on any atom is -0.455 e. The molecule has 0 fully saturated rings. The van der Waals surface area contributed by atoms with Crippen LogP contribution in [0.15, 0.2) is 42.5 Å². The summed E-state index contributed by atoms with van der Waals surface area (Å²) in [6.07, 6.45) is -4.54. The molecule has 0 atom stereocenters. The van der Waals surface area contributed by atoms with E-state index in [0.29, 0.717) is 0 Å². The first-order valence-corrected chi connectivity index (χ1v) is 5.83. The van der Waals surface area contributed by atoms with Crippen molar-refractivity contribution in [3.8, 4) is 17.6 Å². The molecule has 2 rings (SSSR count). The molecule has 0 aliphatic rings. The zero-order chi connectivity index (χ0) is 14.8. The summed E-state index contributed by atoms with van der Waals surface area (Å²) in [7, 11) is 0. The van der Waals surface area contributed by atoms with E-state index >= 15 is 0 Å². The first-order chi connectivity index (χ1) is 9.41. The van der Waals surface area contributed by atoms with Gasteiger partial charge in [-0.15, -0.1) is 0 Å². The molecule has 0 aliphatic carbocycles. The number of hydrogen-bond donors (Lipinski definition) is 0. The summed E-state index contributed by atoms with van der Waals surface area (Å²) in [6, 6.07) is 10.8. The SMILES string of the molecule is N#Cc1ccc(Cl)cc1Oc1ccccc1C(F)(F)F. The number of benzene rings is 2. The lowest BCUT2D eigenvalue weighted by molar-refractivity contribution is -0.138. The van der Waals surface area contributed by atoms with Crippen LogP contribution in [0, 0.1) is 11.3 Å². The molecule has 0 aliphatic heterocycles. The molecule has 0 unspecified atom stereocenters. The third-order valence-corrected chi connectivity index (χ3v) is 2.71. The van der Waals surface area contributed by atoms with Gasteiger partial charge in [0.25, 0.3) is 0 Å². The fourth-order valence-electron chi connectivity index (χ4n) is 1.58. The Balaban J connectivity index is 2.46. The minimum atomic E-state index is -4.54. The Labute approximate surface area is 118 Å². The molecule has 0 radical (unpaired) electrons. The van der Waals surface area contributed by atoms with Crippen LogP contribution in [-0.2, 0) is 6.18 Å². The molecular weight excluding hydrogens is 291 g/mol. The van der Waals surface area contributed by atoms with E-state index in [4.69, 9.17) is 21.6 Å². The van der Waals surface area contributed by atoms with E-state index in [-0.39, 0.29) is 22.1 Å². The summed E-state index contributed by atoms with van der Waals surface area (Å²) in [6.45, 7) is 0. The predicted molar refractivity (Wildman–Crippen MR) is 67.7 cm³/mol. The summed E-state index contributed by atoms with van der Waals surface area (Å²) in [4.78, 5) is 0. The number of nitriles is 1. The molecule has 20 heavy (non-hydrogen) atoms. The molecule has 0 amide bonds. The van der Waals surface area contributed by atoms with Crippen LogP contribution in [-0.4, -0.2) is 0 Å². The number of hydrogen-bond acceptors (Lipinski definition) is 2. The van der Waals surface area contributed by atoms with Crippen LogP contribution < -0.4 is 4.74 Å². The fraction of sp³-hybridized carbons (Fsp3) is 0.0714.